The van der Waals surface area contributed by atoms with E-state index in [1.54, 1.807) is 0 Å². The average molecular weight is 295 g/mol. The molecule has 0 heterocycles. The number of rotatable bonds is 8. The summed E-state index contributed by atoms with van der Waals surface area (Å²) in [6.07, 6.45) is 8.53. The minimum atomic E-state index is 0.536. The third-order valence-corrected chi connectivity index (χ3v) is 5.55. The monoisotopic (exact) mass is 294 g/mol. The minimum Gasteiger partial charge on any atom is -0.313 e. The first kappa shape index (κ1) is 17.3. The molecule has 0 saturated heterocycles. The maximum atomic E-state index is 3.85. The summed E-state index contributed by atoms with van der Waals surface area (Å²) in [5.74, 6) is 1.71. The van der Waals surface area contributed by atoms with Crippen molar-refractivity contribution in [3.05, 3.63) is 0 Å². The highest BCUT2D eigenvalue weighted by Gasteiger charge is 2.37. The molecular weight excluding hydrogens is 256 g/mol. The first-order valence-electron chi connectivity index (χ1n) is 9.38. The molecule has 2 aliphatic rings. The predicted molar refractivity (Wildman–Crippen MR) is 92.6 cm³/mol. The van der Waals surface area contributed by atoms with Crippen molar-refractivity contribution < 1.29 is 0 Å². The molecule has 21 heavy (non-hydrogen) atoms. The standard InChI is InChI=1S/C19H38N2/c1-15(2)12-21(16(3)4)14-19(13-20-18-6-7-18)10-8-17(5)9-11-19/h15-18,20H,6-14H2,1-5H3. The third-order valence-electron chi connectivity index (χ3n) is 5.55. The minimum absolute atomic E-state index is 0.536. The van der Waals surface area contributed by atoms with Gasteiger partial charge in [0.15, 0.2) is 0 Å². The van der Waals surface area contributed by atoms with Gasteiger partial charge < -0.3 is 10.2 Å². The lowest BCUT2D eigenvalue weighted by Crippen LogP contribution is -2.49. The Morgan fingerprint density at radius 3 is 2.14 bits per heavy atom. The first-order valence-corrected chi connectivity index (χ1v) is 9.38. The fourth-order valence-corrected chi connectivity index (χ4v) is 3.77. The Morgan fingerprint density at radius 2 is 1.67 bits per heavy atom. The van der Waals surface area contributed by atoms with Crippen LogP contribution in [0, 0.1) is 17.3 Å². The summed E-state index contributed by atoms with van der Waals surface area (Å²) in [6, 6.07) is 1.52. The van der Waals surface area contributed by atoms with Gasteiger partial charge in [-0.2, -0.15) is 0 Å². The molecule has 2 rings (SSSR count). The van der Waals surface area contributed by atoms with Crippen molar-refractivity contribution in [2.75, 3.05) is 19.6 Å². The van der Waals surface area contributed by atoms with Crippen LogP contribution in [0.1, 0.15) is 73.1 Å². The maximum Gasteiger partial charge on any atom is 0.00684 e. The van der Waals surface area contributed by atoms with Crippen LogP contribution in [0.25, 0.3) is 0 Å². The van der Waals surface area contributed by atoms with Gasteiger partial charge in [0.1, 0.15) is 0 Å². The molecule has 0 bridgehead atoms. The lowest BCUT2D eigenvalue weighted by Gasteiger charge is -2.44. The topological polar surface area (TPSA) is 15.3 Å². The van der Waals surface area contributed by atoms with E-state index in [1.165, 1.54) is 58.2 Å². The highest BCUT2D eigenvalue weighted by Crippen LogP contribution is 2.40. The van der Waals surface area contributed by atoms with Crippen molar-refractivity contribution in [3.63, 3.8) is 0 Å². The number of nitrogens with one attached hydrogen (secondary N) is 1. The SMILES string of the molecule is CC(C)CN(CC1(CNC2CC2)CCC(C)CC1)C(C)C. The molecule has 1 N–H and O–H groups in total. The molecule has 0 amide bonds. The molecule has 2 heteroatoms. The Morgan fingerprint density at radius 1 is 1.05 bits per heavy atom. The molecule has 124 valence electrons. The van der Waals surface area contributed by atoms with E-state index >= 15 is 0 Å². The van der Waals surface area contributed by atoms with Crippen molar-refractivity contribution >= 4 is 0 Å². The van der Waals surface area contributed by atoms with E-state index in [1.807, 2.05) is 0 Å². The molecule has 2 aliphatic carbocycles. The summed E-state index contributed by atoms with van der Waals surface area (Å²) in [4.78, 5) is 2.75. The van der Waals surface area contributed by atoms with Crippen LogP contribution < -0.4 is 5.32 Å². The normalized spacial score (nSPS) is 30.6. The highest BCUT2D eigenvalue weighted by atomic mass is 15.2. The molecule has 0 aromatic rings. The van der Waals surface area contributed by atoms with Gasteiger partial charge >= 0.3 is 0 Å². The number of nitrogens with zero attached hydrogens (tertiary/aromatic N) is 1. The summed E-state index contributed by atoms with van der Waals surface area (Å²) in [5.41, 5.74) is 0.536. The lowest BCUT2D eigenvalue weighted by atomic mass is 9.70. The van der Waals surface area contributed by atoms with Crippen LogP contribution in [0.15, 0.2) is 0 Å². The Labute approximate surface area is 133 Å². The van der Waals surface area contributed by atoms with Gasteiger partial charge in [-0.05, 0) is 56.8 Å². The predicted octanol–water partition coefficient (Wildman–Crippen LogP) is 4.30. The van der Waals surface area contributed by atoms with Gasteiger partial charge in [-0.1, -0.05) is 33.6 Å². The second-order valence-corrected chi connectivity index (χ2v) is 8.75. The summed E-state index contributed by atoms with van der Waals surface area (Å²) >= 11 is 0. The van der Waals surface area contributed by atoms with E-state index < -0.39 is 0 Å². The fraction of sp³-hybridized carbons (Fsp3) is 1.00. The Bertz CT molecular complexity index is 299. The Hall–Kier alpha value is -0.0800. The van der Waals surface area contributed by atoms with Gasteiger partial charge in [0.05, 0.1) is 0 Å². The molecule has 2 saturated carbocycles. The largest absolute Gasteiger partial charge is 0.313 e. The van der Waals surface area contributed by atoms with E-state index in [0.29, 0.717) is 11.5 Å². The maximum absolute atomic E-state index is 3.85. The number of hydrogen-bond donors (Lipinski definition) is 1. The van der Waals surface area contributed by atoms with Gasteiger partial charge in [0.25, 0.3) is 0 Å². The second kappa shape index (κ2) is 7.46. The second-order valence-electron chi connectivity index (χ2n) is 8.75. The Kier molecular flexibility index (Phi) is 6.14. The van der Waals surface area contributed by atoms with E-state index in [-0.39, 0.29) is 0 Å². The van der Waals surface area contributed by atoms with E-state index in [4.69, 9.17) is 0 Å². The van der Waals surface area contributed by atoms with Crippen LogP contribution in [0.5, 0.6) is 0 Å². The molecule has 2 nitrogen and oxygen atoms in total. The van der Waals surface area contributed by atoms with Crippen molar-refractivity contribution in [1.29, 1.82) is 0 Å². The first-order chi connectivity index (χ1) is 9.90. The summed E-state index contributed by atoms with van der Waals surface area (Å²) in [7, 11) is 0. The quantitative estimate of drug-likeness (QED) is 0.718. The van der Waals surface area contributed by atoms with Crippen molar-refractivity contribution in [2.45, 2.75) is 85.2 Å². The average Bonchev–Trinajstić information content (AvgIpc) is 3.22. The number of hydrogen-bond acceptors (Lipinski definition) is 2. The van der Waals surface area contributed by atoms with Gasteiger partial charge in [-0.15, -0.1) is 0 Å². The van der Waals surface area contributed by atoms with Gasteiger partial charge in [-0.3, -0.25) is 0 Å². The van der Waals surface area contributed by atoms with E-state index in [9.17, 15) is 0 Å². The van der Waals surface area contributed by atoms with Crippen LogP contribution in [0.2, 0.25) is 0 Å². The summed E-state index contributed by atoms with van der Waals surface area (Å²) in [5, 5.41) is 3.85. The molecular formula is C19H38N2. The smallest absolute Gasteiger partial charge is 0.00684 e. The Balaban J connectivity index is 1.98. The molecule has 2 fully saturated rings. The molecule has 0 aliphatic heterocycles. The van der Waals surface area contributed by atoms with Crippen LogP contribution in [-0.4, -0.2) is 36.6 Å². The van der Waals surface area contributed by atoms with Gasteiger partial charge in [-0.25, -0.2) is 0 Å². The highest BCUT2D eigenvalue weighted by molar-refractivity contribution is 4.93. The molecule has 0 radical (unpaired) electrons. The van der Waals surface area contributed by atoms with Crippen LogP contribution in [0.3, 0.4) is 0 Å². The van der Waals surface area contributed by atoms with Gasteiger partial charge in [0.2, 0.25) is 0 Å². The zero-order chi connectivity index (χ0) is 15.5. The zero-order valence-electron chi connectivity index (χ0n) is 15.1. The zero-order valence-corrected chi connectivity index (χ0v) is 15.1. The van der Waals surface area contributed by atoms with Crippen molar-refractivity contribution in [2.24, 2.45) is 17.3 Å². The third kappa shape index (κ3) is 5.56. The van der Waals surface area contributed by atoms with E-state index in [0.717, 1.165) is 17.9 Å². The fourth-order valence-electron chi connectivity index (χ4n) is 3.77. The summed E-state index contributed by atoms with van der Waals surface area (Å²) in [6.45, 7) is 15.7. The summed E-state index contributed by atoms with van der Waals surface area (Å²) < 4.78 is 0. The molecule has 0 aromatic carbocycles. The van der Waals surface area contributed by atoms with Crippen molar-refractivity contribution in [3.8, 4) is 0 Å². The lowest BCUT2D eigenvalue weighted by molar-refractivity contribution is 0.0633. The molecule has 0 atom stereocenters. The van der Waals surface area contributed by atoms with Crippen LogP contribution in [-0.2, 0) is 0 Å². The van der Waals surface area contributed by atoms with E-state index in [2.05, 4.69) is 44.8 Å². The van der Waals surface area contributed by atoms with Gasteiger partial charge in [0, 0.05) is 31.7 Å². The van der Waals surface area contributed by atoms with Crippen molar-refractivity contribution in [1.82, 2.24) is 10.2 Å². The molecule has 0 spiro atoms. The molecule has 0 unspecified atom stereocenters. The van der Waals surface area contributed by atoms with Crippen LogP contribution in [0.4, 0.5) is 0 Å². The van der Waals surface area contributed by atoms with Crippen LogP contribution >= 0.6 is 0 Å². The molecule has 0 aromatic heterocycles.